The third-order valence-electron chi connectivity index (χ3n) is 6.28. The minimum Gasteiger partial charge on any atom is -0.396 e. The van der Waals surface area contributed by atoms with Crippen LogP contribution in [-0.2, 0) is 11.0 Å². The summed E-state index contributed by atoms with van der Waals surface area (Å²) in [6.07, 6.45) is -2.33. The van der Waals surface area contributed by atoms with Gasteiger partial charge in [-0.25, -0.2) is 4.79 Å². The molecule has 2 aromatic rings. The molecule has 3 N–H and O–H groups in total. The standard InChI is InChI=1S/C24H27F3N4O3/c25-24(26,27)17-3-5-18(6-4-17)28-23(34)29-21-2-1-12-31(22(21)33)20-9-7-19(8-10-20)30-13-11-16(14-30)15-32/h3-10,16,21,32H,1-2,11-15H2,(H2,28,29,34)/t16?,21-/m1/s1. The van der Waals surface area contributed by atoms with Crippen LogP contribution >= 0.6 is 0 Å². The van der Waals surface area contributed by atoms with Crippen molar-refractivity contribution in [3.8, 4) is 0 Å². The number of aliphatic hydroxyl groups excluding tert-OH is 1. The Morgan fingerprint density at radius 3 is 2.29 bits per heavy atom. The summed E-state index contributed by atoms with van der Waals surface area (Å²) in [6, 6.07) is 10.4. The normalized spacial score (nSPS) is 21.0. The lowest BCUT2D eigenvalue weighted by Crippen LogP contribution is -2.53. The molecule has 2 heterocycles. The molecule has 4 rings (SSSR count). The lowest BCUT2D eigenvalue weighted by molar-refractivity contribution is -0.137. The third kappa shape index (κ3) is 5.44. The molecule has 0 saturated carbocycles. The molecule has 0 aromatic heterocycles. The van der Waals surface area contributed by atoms with E-state index in [1.54, 1.807) is 4.90 Å². The number of anilines is 3. The zero-order valence-corrected chi connectivity index (χ0v) is 18.5. The second-order valence-corrected chi connectivity index (χ2v) is 8.66. The molecule has 2 aliphatic heterocycles. The average molecular weight is 476 g/mol. The number of halogens is 3. The van der Waals surface area contributed by atoms with Gasteiger partial charge in [0.15, 0.2) is 0 Å². The lowest BCUT2D eigenvalue weighted by atomic mass is 10.0. The lowest BCUT2D eigenvalue weighted by Gasteiger charge is -2.33. The number of piperidine rings is 1. The maximum Gasteiger partial charge on any atom is 0.416 e. The molecular formula is C24H27F3N4O3. The maximum atomic E-state index is 13.0. The van der Waals surface area contributed by atoms with Gasteiger partial charge in [-0.05, 0) is 67.8 Å². The monoisotopic (exact) mass is 476 g/mol. The van der Waals surface area contributed by atoms with E-state index in [-0.39, 0.29) is 24.1 Å². The van der Waals surface area contributed by atoms with Gasteiger partial charge in [-0.3, -0.25) is 4.79 Å². The number of hydrogen-bond acceptors (Lipinski definition) is 4. The number of rotatable bonds is 5. The smallest absolute Gasteiger partial charge is 0.396 e. The Hall–Kier alpha value is -3.27. The highest BCUT2D eigenvalue weighted by molar-refractivity contribution is 6.01. The van der Waals surface area contributed by atoms with Gasteiger partial charge in [0.1, 0.15) is 6.04 Å². The number of carbonyl (C=O) groups excluding carboxylic acids is 2. The van der Waals surface area contributed by atoms with E-state index >= 15 is 0 Å². The van der Waals surface area contributed by atoms with E-state index in [4.69, 9.17) is 0 Å². The predicted octanol–water partition coefficient (Wildman–Crippen LogP) is 3.84. The summed E-state index contributed by atoms with van der Waals surface area (Å²) in [6.45, 7) is 2.40. The van der Waals surface area contributed by atoms with Crippen LogP contribution in [0.15, 0.2) is 48.5 Å². The fourth-order valence-corrected chi connectivity index (χ4v) is 4.39. The largest absolute Gasteiger partial charge is 0.416 e. The van der Waals surface area contributed by atoms with E-state index in [9.17, 15) is 27.9 Å². The van der Waals surface area contributed by atoms with Crippen LogP contribution in [-0.4, -0.2) is 49.3 Å². The number of nitrogens with zero attached hydrogens (tertiary/aromatic N) is 2. The number of amides is 3. The number of benzene rings is 2. The van der Waals surface area contributed by atoms with Crippen molar-refractivity contribution in [3.05, 3.63) is 54.1 Å². The van der Waals surface area contributed by atoms with Crippen LogP contribution in [0.4, 0.5) is 35.0 Å². The minimum absolute atomic E-state index is 0.178. The highest BCUT2D eigenvalue weighted by Crippen LogP contribution is 2.30. The molecule has 2 atom stereocenters. The van der Waals surface area contributed by atoms with Crippen molar-refractivity contribution < 1.29 is 27.9 Å². The van der Waals surface area contributed by atoms with Crippen molar-refractivity contribution in [1.82, 2.24) is 5.32 Å². The molecule has 0 bridgehead atoms. The quantitative estimate of drug-likeness (QED) is 0.612. The Labute approximate surface area is 195 Å². The zero-order valence-electron chi connectivity index (χ0n) is 18.5. The van der Waals surface area contributed by atoms with Crippen LogP contribution < -0.4 is 20.4 Å². The number of carbonyl (C=O) groups is 2. The van der Waals surface area contributed by atoms with Crippen LogP contribution in [0.25, 0.3) is 0 Å². The molecule has 34 heavy (non-hydrogen) atoms. The summed E-state index contributed by atoms with van der Waals surface area (Å²) in [5, 5.41) is 14.5. The zero-order chi connectivity index (χ0) is 24.3. The highest BCUT2D eigenvalue weighted by Gasteiger charge is 2.32. The summed E-state index contributed by atoms with van der Waals surface area (Å²) in [5.41, 5.74) is 1.17. The van der Waals surface area contributed by atoms with Crippen molar-refractivity contribution in [3.63, 3.8) is 0 Å². The van der Waals surface area contributed by atoms with Crippen molar-refractivity contribution >= 4 is 29.0 Å². The molecule has 0 spiro atoms. The van der Waals surface area contributed by atoms with Gasteiger partial charge in [0.05, 0.1) is 5.56 Å². The number of aliphatic hydroxyl groups is 1. The molecule has 0 aliphatic carbocycles. The van der Waals surface area contributed by atoms with Crippen molar-refractivity contribution in [1.29, 1.82) is 0 Å². The van der Waals surface area contributed by atoms with Crippen LogP contribution in [0.1, 0.15) is 24.8 Å². The Kier molecular flexibility index (Phi) is 6.97. The second-order valence-electron chi connectivity index (χ2n) is 8.66. The molecule has 2 aromatic carbocycles. The van der Waals surface area contributed by atoms with E-state index in [2.05, 4.69) is 15.5 Å². The molecule has 1 unspecified atom stereocenters. The molecule has 10 heteroatoms. The molecule has 182 valence electrons. The Bertz CT molecular complexity index is 1010. The first-order valence-electron chi connectivity index (χ1n) is 11.3. The summed E-state index contributed by atoms with van der Waals surface area (Å²) in [4.78, 5) is 29.2. The molecule has 2 saturated heterocycles. The van der Waals surface area contributed by atoms with Crippen LogP contribution in [0.2, 0.25) is 0 Å². The first kappa shape index (κ1) is 23.9. The number of alkyl halides is 3. The molecule has 7 nitrogen and oxygen atoms in total. The molecule has 0 radical (unpaired) electrons. The van der Waals surface area contributed by atoms with Gasteiger partial charge in [0.2, 0.25) is 5.91 Å². The first-order chi connectivity index (χ1) is 16.2. The molecule has 2 aliphatic rings. The van der Waals surface area contributed by atoms with Gasteiger partial charge in [-0.1, -0.05) is 0 Å². The summed E-state index contributed by atoms with van der Waals surface area (Å²) < 4.78 is 38.1. The van der Waals surface area contributed by atoms with E-state index in [0.717, 1.165) is 43.0 Å². The van der Waals surface area contributed by atoms with Crippen molar-refractivity contribution in [2.75, 3.05) is 41.4 Å². The van der Waals surface area contributed by atoms with Gasteiger partial charge in [0, 0.05) is 49.2 Å². The number of nitrogens with one attached hydrogen (secondary N) is 2. The van der Waals surface area contributed by atoms with E-state index in [0.29, 0.717) is 19.4 Å². The second kappa shape index (κ2) is 9.92. The maximum absolute atomic E-state index is 13.0. The predicted molar refractivity (Wildman–Crippen MR) is 123 cm³/mol. The van der Waals surface area contributed by atoms with Crippen molar-refractivity contribution in [2.24, 2.45) is 5.92 Å². The number of hydrogen-bond donors (Lipinski definition) is 3. The number of urea groups is 1. The summed E-state index contributed by atoms with van der Waals surface area (Å²) in [7, 11) is 0. The average Bonchev–Trinajstić information content (AvgIpc) is 3.30. The van der Waals surface area contributed by atoms with Crippen LogP contribution in [0.3, 0.4) is 0 Å². The Morgan fingerprint density at radius 2 is 1.68 bits per heavy atom. The SMILES string of the molecule is O=C(Nc1ccc(C(F)(F)F)cc1)N[C@@H]1CCCN(c2ccc(N3CCC(CO)C3)cc2)C1=O. The van der Waals surface area contributed by atoms with E-state index in [1.807, 2.05) is 24.3 Å². The molecular weight excluding hydrogens is 449 g/mol. The van der Waals surface area contributed by atoms with Crippen LogP contribution in [0, 0.1) is 5.92 Å². The van der Waals surface area contributed by atoms with Crippen molar-refractivity contribution in [2.45, 2.75) is 31.5 Å². The fourth-order valence-electron chi connectivity index (χ4n) is 4.39. The third-order valence-corrected chi connectivity index (χ3v) is 6.28. The highest BCUT2D eigenvalue weighted by atomic mass is 19.4. The summed E-state index contributed by atoms with van der Waals surface area (Å²) in [5.74, 6) is 0.0481. The van der Waals surface area contributed by atoms with E-state index in [1.165, 1.54) is 12.1 Å². The topological polar surface area (TPSA) is 84.9 Å². The van der Waals surface area contributed by atoms with Gasteiger partial charge in [-0.15, -0.1) is 0 Å². The Balaban J connectivity index is 1.35. The Morgan fingerprint density at radius 1 is 1.00 bits per heavy atom. The van der Waals surface area contributed by atoms with E-state index < -0.39 is 23.8 Å². The van der Waals surface area contributed by atoms with Gasteiger partial charge >= 0.3 is 12.2 Å². The first-order valence-corrected chi connectivity index (χ1v) is 11.3. The molecule has 2 fully saturated rings. The van der Waals surface area contributed by atoms with Crippen LogP contribution in [0.5, 0.6) is 0 Å². The summed E-state index contributed by atoms with van der Waals surface area (Å²) >= 11 is 0. The van der Waals surface area contributed by atoms with Gasteiger partial charge in [0.25, 0.3) is 0 Å². The van der Waals surface area contributed by atoms with Gasteiger partial charge in [-0.2, -0.15) is 13.2 Å². The minimum atomic E-state index is -4.45. The molecule has 3 amide bonds. The van der Waals surface area contributed by atoms with Gasteiger partial charge < -0.3 is 25.5 Å². The fraction of sp³-hybridized carbons (Fsp3) is 0.417.